The lowest BCUT2D eigenvalue weighted by atomic mass is 9.76. The van der Waals surface area contributed by atoms with Crippen LogP contribution < -0.4 is 9.47 Å². The highest BCUT2D eigenvalue weighted by Gasteiger charge is 2.33. The first-order valence-corrected chi connectivity index (χ1v) is 11.3. The number of benzene rings is 3. The lowest BCUT2D eigenvalue weighted by molar-refractivity contribution is 0.237. The Morgan fingerprint density at radius 1 is 0.938 bits per heavy atom. The minimum atomic E-state index is -0.254. The van der Waals surface area contributed by atoms with Crippen LogP contribution in [-0.4, -0.2) is 42.9 Å². The van der Waals surface area contributed by atoms with Gasteiger partial charge in [-0.15, -0.1) is 0 Å². The summed E-state index contributed by atoms with van der Waals surface area (Å²) < 4.78 is 25.5. The zero-order valence-electron chi connectivity index (χ0n) is 18.0. The molecule has 0 radical (unpaired) electrons. The highest BCUT2D eigenvalue weighted by atomic mass is 19.1. The molecule has 0 saturated carbocycles. The van der Waals surface area contributed by atoms with Crippen LogP contribution in [0, 0.1) is 5.82 Å². The zero-order chi connectivity index (χ0) is 21.9. The van der Waals surface area contributed by atoms with Crippen molar-refractivity contribution in [3.05, 3.63) is 89.2 Å². The number of ether oxygens (including phenoxy) is 2. The summed E-state index contributed by atoms with van der Waals surface area (Å²) in [7, 11) is 0. The number of phenolic OH excluding ortho intramolecular Hbond substituents is 1. The number of fused-ring (bicyclic) bond motifs is 1. The Morgan fingerprint density at radius 2 is 1.66 bits per heavy atom. The third-order valence-corrected chi connectivity index (χ3v) is 6.56. The maximum absolute atomic E-state index is 13.5. The van der Waals surface area contributed by atoms with Gasteiger partial charge in [0.1, 0.15) is 29.7 Å². The summed E-state index contributed by atoms with van der Waals surface area (Å²) in [5, 5.41) is 10.1. The monoisotopic (exact) mass is 433 g/mol. The van der Waals surface area contributed by atoms with Crippen molar-refractivity contribution in [2.75, 3.05) is 32.8 Å². The van der Waals surface area contributed by atoms with Crippen molar-refractivity contribution in [2.45, 2.75) is 24.7 Å². The van der Waals surface area contributed by atoms with E-state index < -0.39 is 0 Å². The van der Waals surface area contributed by atoms with E-state index in [1.807, 2.05) is 30.3 Å². The van der Waals surface area contributed by atoms with Crippen LogP contribution in [0.4, 0.5) is 4.39 Å². The van der Waals surface area contributed by atoms with Crippen molar-refractivity contribution in [3.63, 3.8) is 0 Å². The second kappa shape index (κ2) is 9.21. The van der Waals surface area contributed by atoms with E-state index in [-0.39, 0.29) is 23.4 Å². The van der Waals surface area contributed by atoms with Crippen LogP contribution in [0.3, 0.4) is 0 Å². The minimum Gasteiger partial charge on any atom is -0.508 e. The average Bonchev–Trinajstić information content (AvgIpc) is 3.33. The molecule has 0 amide bonds. The third kappa shape index (κ3) is 4.44. The Hall–Kier alpha value is -3.05. The molecule has 0 unspecified atom stereocenters. The molecule has 1 saturated heterocycles. The number of hydrogen-bond acceptors (Lipinski definition) is 4. The van der Waals surface area contributed by atoms with Gasteiger partial charge in [0.25, 0.3) is 0 Å². The number of hydrogen-bond donors (Lipinski definition) is 1. The van der Waals surface area contributed by atoms with E-state index in [0.717, 1.165) is 34.7 Å². The predicted molar refractivity (Wildman–Crippen MR) is 122 cm³/mol. The molecule has 3 aromatic rings. The van der Waals surface area contributed by atoms with E-state index in [0.29, 0.717) is 13.2 Å². The second-order valence-corrected chi connectivity index (χ2v) is 8.64. The molecule has 3 aromatic carbocycles. The van der Waals surface area contributed by atoms with E-state index in [1.54, 1.807) is 12.1 Å². The Morgan fingerprint density at radius 3 is 2.41 bits per heavy atom. The van der Waals surface area contributed by atoms with Crippen molar-refractivity contribution in [3.8, 4) is 17.2 Å². The molecular weight excluding hydrogens is 405 g/mol. The van der Waals surface area contributed by atoms with Crippen LogP contribution in [0.25, 0.3) is 0 Å². The maximum atomic E-state index is 13.5. The lowest BCUT2D eigenvalue weighted by Crippen LogP contribution is -2.25. The number of likely N-dealkylation sites (tertiary alicyclic amines) is 1. The first-order valence-electron chi connectivity index (χ1n) is 11.3. The Kier molecular flexibility index (Phi) is 5.99. The molecule has 2 aliphatic rings. The molecule has 2 atom stereocenters. The van der Waals surface area contributed by atoms with Crippen LogP contribution in [0.5, 0.6) is 17.2 Å². The van der Waals surface area contributed by atoms with Gasteiger partial charge in [-0.25, -0.2) is 4.39 Å². The fourth-order valence-corrected chi connectivity index (χ4v) is 4.88. The molecule has 0 spiro atoms. The minimum absolute atomic E-state index is 0.00633. The Bertz CT molecular complexity index is 1050. The maximum Gasteiger partial charge on any atom is 0.123 e. The van der Waals surface area contributed by atoms with Gasteiger partial charge in [0.15, 0.2) is 0 Å². The smallest absolute Gasteiger partial charge is 0.123 e. The molecule has 4 nitrogen and oxygen atoms in total. The highest BCUT2D eigenvalue weighted by Crippen LogP contribution is 2.47. The van der Waals surface area contributed by atoms with Crippen molar-refractivity contribution in [2.24, 2.45) is 0 Å². The SMILES string of the molecule is Oc1ccc2c(c1)[C@@H](c1ccc(OCCN3CCCC3)cc1)[C@H](c1ccc(F)cc1)CO2. The molecule has 1 N–H and O–H groups in total. The van der Waals surface area contributed by atoms with Crippen molar-refractivity contribution in [1.82, 2.24) is 4.90 Å². The van der Waals surface area contributed by atoms with Crippen LogP contribution in [0.1, 0.15) is 41.4 Å². The summed E-state index contributed by atoms with van der Waals surface area (Å²) in [6.07, 6.45) is 2.57. The van der Waals surface area contributed by atoms with Crippen molar-refractivity contribution >= 4 is 0 Å². The van der Waals surface area contributed by atoms with Gasteiger partial charge in [-0.1, -0.05) is 24.3 Å². The van der Waals surface area contributed by atoms with E-state index >= 15 is 0 Å². The fourth-order valence-electron chi connectivity index (χ4n) is 4.88. The zero-order valence-corrected chi connectivity index (χ0v) is 18.0. The van der Waals surface area contributed by atoms with Crippen LogP contribution in [0.15, 0.2) is 66.7 Å². The molecular formula is C27H28FNO3. The molecule has 0 aromatic heterocycles. The first kappa shape index (κ1) is 20.8. The standard InChI is InChI=1S/C27H28FNO3/c28-21-7-3-19(4-8-21)25-18-32-26-12-9-22(30)17-24(26)27(25)20-5-10-23(11-6-20)31-16-15-29-13-1-2-14-29/h3-12,17,25,27,30H,1-2,13-16,18H2/t25-,27+/m0/s1. The van der Waals surface area contributed by atoms with Gasteiger partial charge in [0.05, 0.1) is 6.61 Å². The van der Waals surface area contributed by atoms with Gasteiger partial charge in [0.2, 0.25) is 0 Å². The molecule has 5 rings (SSSR count). The first-order chi connectivity index (χ1) is 15.7. The predicted octanol–water partition coefficient (Wildman–Crippen LogP) is 5.31. The number of aromatic hydroxyl groups is 1. The second-order valence-electron chi connectivity index (χ2n) is 8.64. The molecule has 5 heteroatoms. The number of halogens is 1. The van der Waals surface area contributed by atoms with Gasteiger partial charge >= 0.3 is 0 Å². The molecule has 1 fully saturated rings. The quantitative estimate of drug-likeness (QED) is 0.572. The summed E-state index contributed by atoms with van der Waals surface area (Å²) in [5.74, 6) is 1.57. The lowest BCUT2D eigenvalue weighted by Gasteiger charge is -2.34. The van der Waals surface area contributed by atoms with Gasteiger partial charge in [-0.3, -0.25) is 4.90 Å². The van der Waals surface area contributed by atoms with Crippen LogP contribution in [-0.2, 0) is 0 Å². The van der Waals surface area contributed by atoms with Gasteiger partial charge < -0.3 is 14.6 Å². The van der Waals surface area contributed by atoms with E-state index in [9.17, 15) is 9.50 Å². The summed E-state index contributed by atoms with van der Waals surface area (Å²) in [6.45, 7) is 4.47. The summed E-state index contributed by atoms with van der Waals surface area (Å²) in [6, 6.07) is 20.0. The highest BCUT2D eigenvalue weighted by molar-refractivity contribution is 5.51. The third-order valence-electron chi connectivity index (χ3n) is 6.56. The van der Waals surface area contributed by atoms with Crippen molar-refractivity contribution < 1.29 is 19.0 Å². The summed E-state index contributed by atoms with van der Waals surface area (Å²) in [4.78, 5) is 2.44. The van der Waals surface area contributed by atoms with Crippen molar-refractivity contribution in [1.29, 1.82) is 0 Å². The molecule has 166 valence electrons. The topological polar surface area (TPSA) is 41.9 Å². The number of phenols is 1. The molecule has 2 aliphatic heterocycles. The summed E-state index contributed by atoms with van der Waals surface area (Å²) in [5.41, 5.74) is 3.06. The van der Waals surface area contributed by atoms with E-state index in [2.05, 4.69) is 17.0 Å². The Labute approximate surface area is 188 Å². The molecule has 0 aliphatic carbocycles. The largest absolute Gasteiger partial charge is 0.508 e. The summed E-state index contributed by atoms with van der Waals surface area (Å²) >= 11 is 0. The Balaban J connectivity index is 1.40. The van der Waals surface area contributed by atoms with Crippen LogP contribution in [0.2, 0.25) is 0 Å². The molecule has 2 heterocycles. The number of nitrogens with zero attached hydrogens (tertiary/aromatic N) is 1. The fraction of sp³-hybridized carbons (Fsp3) is 0.333. The van der Waals surface area contributed by atoms with Crippen LogP contribution >= 0.6 is 0 Å². The van der Waals surface area contributed by atoms with E-state index in [1.165, 1.54) is 38.1 Å². The molecule has 0 bridgehead atoms. The number of rotatable bonds is 6. The molecule has 32 heavy (non-hydrogen) atoms. The van der Waals surface area contributed by atoms with Gasteiger partial charge in [-0.2, -0.15) is 0 Å². The average molecular weight is 434 g/mol. The van der Waals surface area contributed by atoms with E-state index in [4.69, 9.17) is 9.47 Å². The van der Waals surface area contributed by atoms with Gasteiger partial charge in [-0.05, 0) is 79.5 Å². The normalized spacial score (nSPS) is 20.5. The van der Waals surface area contributed by atoms with Gasteiger partial charge in [0, 0.05) is 23.9 Å².